The number of carboxylic acid groups (broad SMARTS) is 2. The molecule has 0 saturated heterocycles. The van der Waals surface area contributed by atoms with E-state index in [1.54, 1.807) is 24.3 Å². The van der Waals surface area contributed by atoms with Gasteiger partial charge >= 0.3 is 12.3 Å². The Labute approximate surface area is 223 Å². The zero-order chi connectivity index (χ0) is 27.3. The summed E-state index contributed by atoms with van der Waals surface area (Å²) in [6.45, 7) is 4.36. The maximum atomic E-state index is 12.2. The van der Waals surface area contributed by atoms with Gasteiger partial charge in [-0.1, -0.05) is 99.5 Å². The van der Waals surface area contributed by atoms with Gasteiger partial charge < -0.3 is 19.7 Å². The van der Waals surface area contributed by atoms with Gasteiger partial charge in [0.25, 0.3) is 0 Å². The van der Waals surface area contributed by atoms with Crippen molar-refractivity contribution in [2.45, 2.75) is 39.5 Å². The van der Waals surface area contributed by atoms with Gasteiger partial charge in [-0.3, -0.25) is 0 Å². The van der Waals surface area contributed by atoms with E-state index in [1.165, 1.54) is 11.1 Å². The first-order chi connectivity index (χ1) is 18.4. The van der Waals surface area contributed by atoms with E-state index in [4.69, 9.17) is 24.5 Å². The second kappa shape index (κ2) is 14.2. The zero-order valence-corrected chi connectivity index (χ0v) is 21.6. The largest absolute Gasteiger partial charge is 0.519 e. The fraction of sp³-hybridized carbons (Fsp3) is 0.188. The maximum Gasteiger partial charge on any atom is 0.519 e. The molecular formula is C32H32O6. The van der Waals surface area contributed by atoms with Gasteiger partial charge in [-0.05, 0) is 70.5 Å². The van der Waals surface area contributed by atoms with Crippen LogP contribution in [0.4, 0.5) is 9.59 Å². The molecule has 0 saturated carbocycles. The minimum Gasteiger partial charge on any atom is -0.450 e. The Bertz CT molecular complexity index is 1190. The minimum absolute atomic E-state index is 0.445. The molecule has 4 aromatic rings. The van der Waals surface area contributed by atoms with Crippen LogP contribution in [0.2, 0.25) is 0 Å². The third-order valence-electron chi connectivity index (χ3n) is 5.76. The Kier molecular flexibility index (Phi) is 10.5. The molecule has 0 radical (unpaired) electrons. The fourth-order valence-corrected chi connectivity index (χ4v) is 3.95. The molecule has 4 aromatic carbocycles. The number of hydrogen-bond acceptors (Lipinski definition) is 4. The monoisotopic (exact) mass is 512 g/mol. The second-order valence-corrected chi connectivity index (χ2v) is 8.68. The van der Waals surface area contributed by atoms with Crippen LogP contribution in [0.1, 0.15) is 37.8 Å². The molecule has 196 valence electrons. The lowest BCUT2D eigenvalue weighted by molar-refractivity contribution is 0.136. The topological polar surface area (TPSA) is 93.1 Å². The summed E-state index contributed by atoms with van der Waals surface area (Å²) in [5, 5.41) is 13.9. The van der Waals surface area contributed by atoms with Crippen LogP contribution in [-0.2, 0) is 12.8 Å². The molecule has 0 aromatic heterocycles. The van der Waals surface area contributed by atoms with E-state index in [9.17, 15) is 4.79 Å². The van der Waals surface area contributed by atoms with Gasteiger partial charge in [0.05, 0.1) is 0 Å². The molecule has 0 unspecified atom stereocenters. The van der Waals surface area contributed by atoms with Crippen LogP contribution >= 0.6 is 0 Å². The first-order valence-corrected chi connectivity index (χ1v) is 12.6. The van der Waals surface area contributed by atoms with Gasteiger partial charge in [0, 0.05) is 0 Å². The van der Waals surface area contributed by atoms with Crippen LogP contribution in [-0.4, -0.2) is 22.5 Å². The van der Waals surface area contributed by atoms with E-state index in [0.29, 0.717) is 11.5 Å². The van der Waals surface area contributed by atoms with E-state index in [-0.39, 0.29) is 0 Å². The molecule has 6 heteroatoms. The van der Waals surface area contributed by atoms with Crippen LogP contribution in [0, 0.1) is 0 Å². The zero-order valence-electron chi connectivity index (χ0n) is 21.6. The lowest BCUT2D eigenvalue weighted by Gasteiger charge is -2.08. The van der Waals surface area contributed by atoms with Crippen molar-refractivity contribution in [2.75, 3.05) is 0 Å². The van der Waals surface area contributed by atoms with E-state index in [2.05, 4.69) is 62.4 Å². The quantitative estimate of drug-likeness (QED) is 0.181. The SMILES string of the molecule is CCCc1ccc(-c2ccc(OC(=O)Oc3ccc(-c4ccc(CCC)cc4)cc3)cc2)cc1.O=C(O)O. The number of carbonyl (C=O) groups is 2. The molecule has 6 nitrogen and oxygen atoms in total. The molecule has 0 spiro atoms. The van der Waals surface area contributed by atoms with Gasteiger partial charge in [-0.25, -0.2) is 9.59 Å². The highest BCUT2D eigenvalue weighted by Gasteiger charge is 2.09. The van der Waals surface area contributed by atoms with E-state index < -0.39 is 12.3 Å². The van der Waals surface area contributed by atoms with Gasteiger partial charge in [0.15, 0.2) is 0 Å². The molecule has 38 heavy (non-hydrogen) atoms. The van der Waals surface area contributed by atoms with Crippen LogP contribution in [0.5, 0.6) is 11.5 Å². The summed E-state index contributed by atoms with van der Waals surface area (Å²) in [5.41, 5.74) is 7.09. The summed E-state index contributed by atoms with van der Waals surface area (Å²) in [5.74, 6) is 0.889. The summed E-state index contributed by atoms with van der Waals surface area (Å²) in [4.78, 5) is 20.8. The molecule has 0 aliphatic heterocycles. The number of rotatable bonds is 8. The molecule has 2 N–H and O–H groups in total. The van der Waals surface area contributed by atoms with Gasteiger partial charge in [0.2, 0.25) is 0 Å². The summed E-state index contributed by atoms with van der Waals surface area (Å²) in [6, 6.07) is 32.0. The average Bonchev–Trinajstić information content (AvgIpc) is 2.91. The number of benzene rings is 4. The van der Waals surface area contributed by atoms with Crippen molar-refractivity contribution in [3.63, 3.8) is 0 Å². The first-order valence-electron chi connectivity index (χ1n) is 12.6. The lowest BCUT2D eigenvalue weighted by atomic mass is 10.0. The smallest absolute Gasteiger partial charge is 0.450 e. The van der Waals surface area contributed by atoms with Gasteiger partial charge in [0.1, 0.15) is 11.5 Å². The summed E-state index contributed by atoms with van der Waals surface area (Å²) in [6.07, 6.45) is 1.86. The number of hydrogen-bond donors (Lipinski definition) is 2. The van der Waals surface area contributed by atoms with E-state index in [0.717, 1.165) is 47.9 Å². The summed E-state index contributed by atoms with van der Waals surface area (Å²) >= 11 is 0. The van der Waals surface area contributed by atoms with Crippen molar-refractivity contribution in [1.29, 1.82) is 0 Å². The number of carbonyl (C=O) groups excluding carboxylic acids is 1. The minimum atomic E-state index is -1.83. The van der Waals surface area contributed by atoms with Gasteiger partial charge in [-0.2, -0.15) is 0 Å². The molecule has 0 fully saturated rings. The van der Waals surface area contributed by atoms with Crippen LogP contribution in [0.15, 0.2) is 97.1 Å². The molecular weight excluding hydrogens is 480 g/mol. The van der Waals surface area contributed by atoms with Crippen LogP contribution in [0.25, 0.3) is 22.3 Å². The summed E-state index contributed by atoms with van der Waals surface area (Å²) in [7, 11) is 0. The predicted molar refractivity (Wildman–Crippen MR) is 149 cm³/mol. The number of ether oxygens (including phenoxy) is 2. The Morgan fingerprint density at radius 1 is 0.526 bits per heavy atom. The molecule has 4 rings (SSSR count). The Hall–Kier alpha value is -4.58. The highest BCUT2D eigenvalue weighted by atomic mass is 16.7. The van der Waals surface area contributed by atoms with Crippen molar-refractivity contribution in [1.82, 2.24) is 0 Å². The number of aryl methyl sites for hydroxylation is 2. The molecule has 0 bridgehead atoms. The Morgan fingerprint density at radius 2 is 0.789 bits per heavy atom. The van der Waals surface area contributed by atoms with E-state index >= 15 is 0 Å². The second-order valence-electron chi connectivity index (χ2n) is 8.68. The van der Waals surface area contributed by atoms with Crippen molar-refractivity contribution in [3.05, 3.63) is 108 Å². The standard InChI is InChI=1S/C31H30O3.CH2O3/c1-3-5-23-7-11-25(12-8-23)27-15-19-29(20-16-27)33-31(32)34-30-21-17-28(18-22-30)26-13-9-24(6-4-2)10-14-26;2-1(3)4/h7-22H,3-6H2,1-2H3;(H2,2,3,4). The predicted octanol–water partition coefficient (Wildman–Crippen LogP) is 8.73. The summed E-state index contributed by atoms with van der Waals surface area (Å²) < 4.78 is 10.7. The third-order valence-corrected chi connectivity index (χ3v) is 5.76. The average molecular weight is 513 g/mol. The molecule has 0 atom stereocenters. The molecule has 0 amide bonds. The highest BCUT2D eigenvalue weighted by molar-refractivity contribution is 5.70. The molecule has 0 aliphatic carbocycles. The highest BCUT2D eigenvalue weighted by Crippen LogP contribution is 2.25. The van der Waals surface area contributed by atoms with Crippen molar-refractivity contribution in [3.8, 4) is 33.8 Å². The maximum absolute atomic E-state index is 12.2. The van der Waals surface area contributed by atoms with Crippen molar-refractivity contribution in [2.24, 2.45) is 0 Å². The van der Waals surface area contributed by atoms with E-state index in [1.807, 2.05) is 24.3 Å². The Morgan fingerprint density at radius 3 is 1.05 bits per heavy atom. The van der Waals surface area contributed by atoms with Gasteiger partial charge in [-0.15, -0.1) is 0 Å². The van der Waals surface area contributed by atoms with Crippen molar-refractivity contribution < 1.29 is 29.3 Å². The molecule has 0 heterocycles. The molecule has 0 aliphatic rings. The van der Waals surface area contributed by atoms with Crippen LogP contribution < -0.4 is 9.47 Å². The first kappa shape index (κ1) is 28.0. The van der Waals surface area contributed by atoms with Crippen molar-refractivity contribution >= 4 is 12.3 Å². The third kappa shape index (κ3) is 8.82. The fourth-order valence-electron chi connectivity index (χ4n) is 3.95. The van der Waals surface area contributed by atoms with Crippen LogP contribution in [0.3, 0.4) is 0 Å². The normalized spacial score (nSPS) is 10.2. The Balaban J connectivity index is 0.000000934. The lowest BCUT2D eigenvalue weighted by Crippen LogP contribution is -2.13.